The molecule has 1 heterocycles. The van der Waals surface area contributed by atoms with Crippen molar-refractivity contribution in [2.75, 3.05) is 0 Å². The predicted octanol–water partition coefficient (Wildman–Crippen LogP) is 2.32. The Morgan fingerprint density at radius 1 is 1.32 bits per heavy atom. The van der Waals surface area contributed by atoms with E-state index in [4.69, 9.17) is 0 Å². The monoisotopic (exact) mass is 262 g/mol. The molecule has 2 rings (SSSR count). The summed E-state index contributed by atoms with van der Waals surface area (Å²) in [5, 5.41) is 3.13. The number of pyridine rings is 1. The van der Waals surface area contributed by atoms with Crippen molar-refractivity contribution in [3.05, 3.63) is 34.2 Å². The molecule has 0 bridgehead atoms. The Hall–Kier alpha value is -1.58. The molecule has 2 unspecified atom stereocenters. The average molecular weight is 262 g/mol. The number of H-pyrrole nitrogens is 1. The van der Waals surface area contributed by atoms with Crippen molar-refractivity contribution in [3.8, 4) is 0 Å². The van der Waals surface area contributed by atoms with Gasteiger partial charge in [0.2, 0.25) is 5.56 Å². The van der Waals surface area contributed by atoms with Crippen LogP contribution in [0.15, 0.2) is 23.1 Å². The van der Waals surface area contributed by atoms with Crippen molar-refractivity contribution >= 4 is 5.91 Å². The molecule has 0 spiro atoms. The molecule has 0 saturated heterocycles. The van der Waals surface area contributed by atoms with E-state index in [0.29, 0.717) is 17.4 Å². The zero-order chi connectivity index (χ0) is 13.8. The maximum Gasteiger partial charge on any atom is 0.252 e. The first-order valence-corrected chi connectivity index (χ1v) is 7.07. The van der Waals surface area contributed by atoms with E-state index in [-0.39, 0.29) is 17.5 Å². The molecule has 2 atom stereocenters. The molecule has 1 fully saturated rings. The molecule has 1 aromatic heterocycles. The number of carbonyl (C=O) groups is 1. The number of amides is 1. The summed E-state index contributed by atoms with van der Waals surface area (Å²) in [6, 6.07) is 3.21. The lowest BCUT2D eigenvalue weighted by Crippen LogP contribution is -2.44. The van der Waals surface area contributed by atoms with Gasteiger partial charge in [0.05, 0.1) is 5.56 Å². The Bertz CT molecular complexity index is 473. The zero-order valence-electron chi connectivity index (χ0n) is 11.6. The highest BCUT2D eigenvalue weighted by molar-refractivity contribution is 5.94. The van der Waals surface area contributed by atoms with E-state index < -0.39 is 0 Å². The third kappa shape index (κ3) is 3.46. The van der Waals surface area contributed by atoms with Crippen LogP contribution in [0.3, 0.4) is 0 Å². The van der Waals surface area contributed by atoms with E-state index in [0.717, 1.165) is 6.42 Å². The lowest BCUT2D eigenvalue weighted by Gasteiger charge is -2.34. The standard InChI is InChI=1S/C15H22N2O2/c1-10(2)12-5-3-4-6-13(12)17-15(19)11-7-8-14(18)16-9-11/h7-10,12-13H,3-6H2,1-2H3,(H,16,18)(H,17,19). The van der Waals surface area contributed by atoms with Crippen LogP contribution < -0.4 is 10.9 Å². The van der Waals surface area contributed by atoms with Crippen molar-refractivity contribution in [2.24, 2.45) is 11.8 Å². The number of hydrogen-bond acceptors (Lipinski definition) is 2. The number of aromatic amines is 1. The summed E-state index contributed by atoms with van der Waals surface area (Å²) < 4.78 is 0. The van der Waals surface area contributed by atoms with Gasteiger partial charge < -0.3 is 10.3 Å². The maximum absolute atomic E-state index is 12.2. The van der Waals surface area contributed by atoms with Crippen molar-refractivity contribution in [1.82, 2.24) is 10.3 Å². The van der Waals surface area contributed by atoms with E-state index in [9.17, 15) is 9.59 Å². The molecule has 1 aromatic rings. The second-order valence-corrected chi connectivity index (χ2v) is 5.71. The molecule has 1 saturated carbocycles. The number of rotatable bonds is 3. The van der Waals surface area contributed by atoms with Crippen LogP contribution in [0.1, 0.15) is 49.9 Å². The first kappa shape index (κ1) is 13.8. The Morgan fingerprint density at radius 2 is 2.05 bits per heavy atom. The van der Waals surface area contributed by atoms with Crippen molar-refractivity contribution in [3.63, 3.8) is 0 Å². The van der Waals surface area contributed by atoms with E-state index >= 15 is 0 Å². The molecule has 0 aliphatic heterocycles. The fraction of sp³-hybridized carbons (Fsp3) is 0.600. The average Bonchev–Trinajstić information content (AvgIpc) is 2.39. The number of carbonyl (C=O) groups excluding carboxylic acids is 1. The van der Waals surface area contributed by atoms with Gasteiger partial charge in [0.15, 0.2) is 0 Å². The molecule has 4 heteroatoms. The second-order valence-electron chi connectivity index (χ2n) is 5.71. The fourth-order valence-electron chi connectivity index (χ4n) is 2.94. The minimum absolute atomic E-state index is 0.0891. The Labute approximate surface area is 113 Å². The fourth-order valence-corrected chi connectivity index (χ4v) is 2.94. The SMILES string of the molecule is CC(C)C1CCCCC1NC(=O)c1ccc(=O)[nH]c1. The van der Waals surface area contributed by atoms with E-state index in [1.165, 1.54) is 31.5 Å². The minimum Gasteiger partial charge on any atom is -0.349 e. The van der Waals surface area contributed by atoms with E-state index in [1.54, 1.807) is 6.07 Å². The molecule has 19 heavy (non-hydrogen) atoms. The van der Waals surface area contributed by atoms with Gasteiger partial charge in [-0.3, -0.25) is 9.59 Å². The first-order valence-electron chi connectivity index (χ1n) is 7.07. The highest BCUT2D eigenvalue weighted by Crippen LogP contribution is 2.30. The Balaban J connectivity index is 2.04. The minimum atomic E-state index is -0.186. The summed E-state index contributed by atoms with van der Waals surface area (Å²) in [5.41, 5.74) is 0.335. The molecular formula is C15H22N2O2. The quantitative estimate of drug-likeness (QED) is 0.878. The van der Waals surface area contributed by atoms with Crippen LogP contribution >= 0.6 is 0 Å². The van der Waals surface area contributed by atoms with Crippen LogP contribution in [0.5, 0.6) is 0 Å². The first-order chi connectivity index (χ1) is 9.08. The number of nitrogens with one attached hydrogen (secondary N) is 2. The summed E-state index contributed by atoms with van der Waals surface area (Å²) in [4.78, 5) is 25.7. The lowest BCUT2D eigenvalue weighted by molar-refractivity contribution is 0.0888. The Kier molecular flexibility index (Phi) is 4.40. The van der Waals surface area contributed by atoms with Crippen LogP contribution in [-0.4, -0.2) is 16.9 Å². The summed E-state index contributed by atoms with van der Waals surface area (Å²) in [7, 11) is 0. The van der Waals surface area contributed by atoms with Crippen LogP contribution in [0.2, 0.25) is 0 Å². The highest BCUT2D eigenvalue weighted by atomic mass is 16.2. The van der Waals surface area contributed by atoms with Gasteiger partial charge in [0.25, 0.3) is 5.91 Å². The van der Waals surface area contributed by atoms with Gasteiger partial charge in [-0.1, -0.05) is 26.7 Å². The predicted molar refractivity (Wildman–Crippen MR) is 75.1 cm³/mol. The molecule has 1 aliphatic rings. The van der Waals surface area contributed by atoms with Crippen LogP contribution in [-0.2, 0) is 0 Å². The largest absolute Gasteiger partial charge is 0.349 e. The van der Waals surface area contributed by atoms with E-state index in [1.807, 2.05) is 0 Å². The molecule has 4 nitrogen and oxygen atoms in total. The van der Waals surface area contributed by atoms with Crippen LogP contribution in [0.25, 0.3) is 0 Å². The lowest BCUT2D eigenvalue weighted by atomic mass is 9.78. The summed E-state index contributed by atoms with van der Waals surface area (Å²) in [5.74, 6) is 1.05. The van der Waals surface area contributed by atoms with Crippen molar-refractivity contribution in [2.45, 2.75) is 45.6 Å². The molecular weight excluding hydrogens is 240 g/mol. The van der Waals surface area contributed by atoms with Crippen molar-refractivity contribution in [1.29, 1.82) is 0 Å². The topological polar surface area (TPSA) is 62.0 Å². The molecule has 104 valence electrons. The third-order valence-corrected chi connectivity index (χ3v) is 4.04. The third-order valence-electron chi connectivity index (χ3n) is 4.04. The van der Waals surface area contributed by atoms with Gasteiger partial charge in [-0.15, -0.1) is 0 Å². The van der Waals surface area contributed by atoms with Gasteiger partial charge in [0, 0.05) is 18.3 Å². The zero-order valence-corrected chi connectivity index (χ0v) is 11.6. The molecule has 0 aromatic carbocycles. The summed E-state index contributed by atoms with van der Waals surface area (Å²) in [6.07, 6.45) is 6.16. The summed E-state index contributed by atoms with van der Waals surface area (Å²) in [6.45, 7) is 4.43. The molecule has 1 aliphatic carbocycles. The molecule has 2 N–H and O–H groups in total. The van der Waals surface area contributed by atoms with Gasteiger partial charge in [0.1, 0.15) is 0 Å². The molecule has 1 amide bonds. The van der Waals surface area contributed by atoms with Crippen molar-refractivity contribution < 1.29 is 4.79 Å². The second kappa shape index (κ2) is 6.04. The normalized spacial score (nSPS) is 23.3. The molecule has 0 radical (unpaired) electrons. The smallest absolute Gasteiger partial charge is 0.252 e. The Morgan fingerprint density at radius 3 is 2.68 bits per heavy atom. The van der Waals surface area contributed by atoms with Gasteiger partial charge >= 0.3 is 0 Å². The maximum atomic E-state index is 12.2. The van der Waals surface area contributed by atoms with Crippen LogP contribution in [0.4, 0.5) is 0 Å². The van der Waals surface area contributed by atoms with Gasteiger partial charge in [-0.2, -0.15) is 0 Å². The number of aromatic nitrogens is 1. The van der Waals surface area contributed by atoms with E-state index in [2.05, 4.69) is 24.1 Å². The van der Waals surface area contributed by atoms with Crippen LogP contribution in [0, 0.1) is 11.8 Å². The van der Waals surface area contributed by atoms with Gasteiger partial charge in [-0.05, 0) is 30.7 Å². The summed E-state index contributed by atoms with van der Waals surface area (Å²) >= 11 is 0. The number of hydrogen-bond donors (Lipinski definition) is 2. The van der Waals surface area contributed by atoms with Gasteiger partial charge in [-0.25, -0.2) is 0 Å². The highest BCUT2D eigenvalue weighted by Gasteiger charge is 2.28.